The van der Waals surface area contributed by atoms with E-state index in [1.54, 1.807) is 69.7 Å². The highest BCUT2D eigenvalue weighted by atomic mass is 35.5. The van der Waals surface area contributed by atoms with Gasteiger partial charge in [0, 0.05) is 56.0 Å². The maximum Gasteiger partial charge on any atom is 0.252 e. The molecule has 0 bridgehead atoms. The van der Waals surface area contributed by atoms with Crippen molar-refractivity contribution in [3.63, 3.8) is 0 Å². The number of amides is 2. The van der Waals surface area contributed by atoms with Gasteiger partial charge in [-0.2, -0.15) is 23.5 Å². The molecule has 2 fully saturated rings. The van der Waals surface area contributed by atoms with E-state index in [-0.39, 0.29) is 66.3 Å². The third-order valence-electron chi connectivity index (χ3n) is 11.1. The molecule has 4 aromatic carbocycles. The SMILES string of the molecule is C=CC[C@@H]1O[C@H](c2cc(F)cc(Cl)c2)[C@@H](c2ccc(Cl)c(F)c2)N([C@@H](C)CSC(C)(C)C)C1=O.C=CC[C@H]1O[C@H](c2cc(F)cc(Cl)c2)[C@@H](c2ccc(Cl)c(F)c2)N([C@@H](C)CSC(C)(C)C)C1=O. The molecule has 0 aromatic heterocycles. The van der Waals surface area contributed by atoms with Crippen molar-refractivity contribution < 1.29 is 36.6 Å². The van der Waals surface area contributed by atoms with Gasteiger partial charge < -0.3 is 19.3 Å². The molecule has 2 heterocycles. The van der Waals surface area contributed by atoms with Gasteiger partial charge in [-0.25, -0.2) is 17.6 Å². The fourth-order valence-electron chi connectivity index (χ4n) is 8.08. The van der Waals surface area contributed by atoms with E-state index in [9.17, 15) is 27.2 Å². The summed E-state index contributed by atoms with van der Waals surface area (Å²) in [6, 6.07) is 15.3. The van der Waals surface area contributed by atoms with Gasteiger partial charge in [-0.15, -0.1) is 13.2 Å². The first-order valence-corrected chi connectivity index (χ1v) is 25.6. The molecule has 0 aliphatic carbocycles. The summed E-state index contributed by atoms with van der Waals surface area (Å²) in [6.45, 7) is 24.1. The average Bonchev–Trinajstić information content (AvgIpc) is 3.24. The molecule has 2 amide bonds. The van der Waals surface area contributed by atoms with E-state index >= 15 is 0 Å². The van der Waals surface area contributed by atoms with E-state index in [0.29, 0.717) is 33.8 Å². The van der Waals surface area contributed by atoms with Gasteiger partial charge in [-0.1, -0.05) is 112 Å². The summed E-state index contributed by atoms with van der Waals surface area (Å²) in [4.78, 5) is 30.8. The second kappa shape index (κ2) is 23.8. The van der Waals surface area contributed by atoms with Crippen molar-refractivity contribution in [2.24, 2.45) is 0 Å². The molecule has 6 rings (SSSR count). The third-order valence-corrected chi connectivity index (χ3v) is 15.2. The number of ether oxygens (including phenoxy) is 2. The van der Waals surface area contributed by atoms with Gasteiger partial charge in [0.25, 0.3) is 11.8 Å². The molecule has 6 nitrogen and oxygen atoms in total. The summed E-state index contributed by atoms with van der Waals surface area (Å²) in [5.41, 5.74) is 1.94. The van der Waals surface area contributed by atoms with E-state index in [1.165, 1.54) is 48.5 Å². The van der Waals surface area contributed by atoms with Crippen LogP contribution in [0.15, 0.2) is 98.1 Å². The van der Waals surface area contributed by atoms with Crippen LogP contribution in [0.5, 0.6) is 0 Å². The molecule has 68 heavy (non-hydrogen) atoms. The zero-order chi connectivity index (χ0) is 50.4. The first kappa shape index (κ1) is 55.7. The second-order valence-corrected chi connectivity index (χ2v) is 24.2. The minimum absolute atomic E-state index is 0.0124. The Hall–Kier alpha value is -3.20. The van der Waals surface area contributed by atoms with Crippen molar-refractivity contribution in [3.8, 4) is 0 Å². The summed E-state index contributed by atoms with van der Waals surface area (Å²) in [7, 11) is 0. The Balaban J connectivity index is 0.000000254. The molecule has 0 radical (unpaired) electrons. The number of halogens is 8. The van der Waals surface area contributed by atoms with Crippen LogP contribution < -0.4 is 0 Å². The lowest BCUT2D eigenvalue weighted by Crippen LogP contribution is -2.54. The minimum atomic E-state index is -0.806. The molecule has 2 aliphatic heterocycles. The summed E-state index contributed by atoms with van der Waals surface area (Å²) in [5.74, 6) is -1.39. The Morgan fingerprint density at radius 3 is 1.24 bits per heavy atom. The fourth-order valence-corrected chi connectivity index (χ4v) is 10.6. The molecular formula is C52H58Cl4F4N2O4S2. The monoisotopic (exact) mass is 1050 g/mol. The first-order valence-electron chi connectivity index (χ1n) is 22.1. The normalized spacial score (nSPS) is 22.1. The van der Waals surface area contributed by atoms with Gasteiger partial charge >= 0.3 is 0 Å². The highest BCUT2D eigenvalue weighted by molar-refractivity contribution is 8.00. The zero-order valence-electron chi connectivity index (χ0n) is 39.3. The zero-order valence-corrected chi connectivity index (χ0v) is 44.0. The molecule has 0 unspecified atom stereocenters. The van der Waals surface area contributed by atoms with Gasteiger partial charge in [-0.05, 0) is 96.8 Å². The number of hydrogen-bond donors (Lipinski definition) is 0. The molecule has 0 saturated carbocycles. The fraction of sp³-hybridized carbons (Fsp3) is 0.423. The highest BCUT2D eigenvalue weighted by Crippen LogP contribution is 2.47. The first-order chi connectivity index (χ1) is 31.8. The quantitative estimate of drug-likeness (QED) is 0.0926. The lowest BCUT2D eigenvalue weighted by Gasteiger charge is -2.47. The summed E-state index contributed by atoms with van der Waals surface area (Å²) >= 11 is 27.6. The molecule has 4 aromatic rings. The molecule has 0 N–H and O–H groups in total. The van der Waals surface area contributed by atoms with Crippen LogP contribution in [0.2, 0.25) is 20.1 Å². The van der Waals surface area contributed by atoms with Crippen LogP contribution >= 0.6 is 69.9 Å². The maximum atomic E-state index is 14.5. The Morgan fingerprint density at radius 2 is 0.941 bits per heavy atom. The van der Waals surface area contributed by atoms with Gasteiger partial charge in [0.05, 0.1) is 22.1 Å². The van der Waals surface area contributed by atoms with Crippen LogP contribution in [0.1, 0.15) is 115 Å². The Kier molecular flexibility index (Phi) is 19.5. The minimum Gasteiger partial charge on any atom is -0.358 e. The lowest BCUT2D eigenvalue weighted by atomic mass is 9.90. The van der Waals surface area contributed by atoms with Crippen LogP contribution in [0.3, 0.4) is 0 Å². The van der Waals surface area contributed by atoms with Crippen LogP contribution in [0.25, 0.3) is 0 Å². The van der Waals surface area contributed by atoms with Crippen molar-refractivity contribution in [2.45, 2.75) is 126 Å². The highest BCUT2D eigenvalue weighted by Gasteiger charge is 2.47. The van der Waals surface area contributed by atoms with Crippen LogP contribution in [0.4, 0.5) is 17.6 Å². The number of hydrogen-bond acceptors (Lipinski definition) is 6. The smallest absolute Gasteiger partial charge is 0.252 e. The number of benzene rings is 4. The lowest BCUT2D eigenvalue weighted by molar-refractivity contribution is -0.177. The van der Waals surface area contributed by atoms with Gasteiger partial charge in [0.1, 0.15) is 47.7 Å². The van der Waals surface area contributed by atoms with Crippen molar-refractivity contribution >= 4 is 81.7 Å². The third kappa shape index (κ3) is 14.5. The van der Waals surface area contributed by atoms with Gasteiger partial charge in [0.2, 0.25) is 0 Å². The van der Waals surface area contributed by atoms with Gasteiger partial charge in [-0.3, -0.25) is 9.59 Å². The van der Waals surface area contributed by atoms with Crippen molar-refractivity contribution in [2.75, 3.05) is 11.5 Å². The molecule has 2 saturated heterocycles. The second-order valence-electron chi connectivity index (χ2n) is 18.8. The number of thioether (sulfide) groups is 2. The molecular weight excluding hydrogens is 999 g/mol. The average molecular weight is 1060 g/mol. The van der Waals surface area contributed by atoms with E-state index < -0.39 is 59.8 Å². The molecule has 368 valence electrons. The van der Waals surface area contributed by atoms with Crippen molar-refractivity contribution in [1.82, 2.24) is 9.80 Å². The molecule has 16 heteroatoms. The Labute approximate surface area is 427 Å². The summed E-state index contributed by atoms with van der Waals surface area (Å²) in [6.07, 6.45) is 0.642. The maximum absolute atomic E-state index is 14.5. The largest absolute Gasteiger partial charge is 0.358 e. The molecule has 2 aliphatic rings. The molecule has 0 spiro atoms. The standard InChI is InChI=1S/2C26H29Cl2F2NO2S/c2*1-6-7-22-25(32)31(15(2)14-34-26(3,4)5)23(16-8-9-20(28)21(30)12-16)24(33-22)17-10-18(27)13-19(29)11-17/h2*6,8-13,15,22-24H,1,7,14H2,2-5H3/t15-,22+,23+,24+;15-,22-,23+,24+/m00/s1. The number of carbonyl (C=O) groups is 2. The van der Waals surface area contributed by atoms with Crippen LogP contribution in [-0.4, -0.2) is 66.9 Å². The topological polar surface area (TPSA) is 59.1 Å². The predicted octanol–water partition coefficient (Wildman–Crippen LogP) is 15.6. The number of rotatable bonds is 14. The van der Waals surface area contributed by atoms with E-state index in [2.05, 4.69) is 54.7 Å². The Bertz CT molecular complexity index is 2250. The van der Waals surface area contributed by atoms with E-state index in [4.69, 9.17) is 55.9 Å². The number of morpholine rings is 2. The van der Waals surface area contributed by atoms with Crippen LogP contribution in [0, 0.1) is 23.3 Å². The van der Waals surface area contributed by atoms with E-state index in [0.717, 1.165) is 0 Å². The van der Waals surface area contributed by atoms with Crippen molar-refractivity contribution in [3.05, 3.63) is 164 Å². The number of carbonyl (C=O) groups excluding carboxylic acids is 2. The van der Waals surface area contributed by atoms with Crippen molar-refractivity contribution in [1.29, 1.82) is 0 Å². The predicted molar refractivity (Wildman–Crippen MR) is 273 cm³/mol. The van der Waals surface area contributed by atoms with E-state index in [1.807, 2.05) is 13.8 Å². The Morgan fingerprint density at radius 1 is 0.588 bits per heavy atom. The van der Waals surface area contributed by atoms with Gasteiger partial charge in [0.15, 0.2) is 0 Å². The summed E-state index contributed by atoms with van der Waals surface area (Å²) in [5, 5.41) is 0.369. The van der Waals surface area contributed by atoms with Crippen LogP contribution in [-0.2, 0) is 19.1 Å². The number of nitrogens with zero attached hydrogens (tertiary/aromatic N) is 2. The molecule has 8 atom stereocenters. The summed E-state index contributed by atoms with van der Waals surface area (Å²) < 4.78 is 70.2.